The highest BCUT2D eigenvalue weighted by atomic mass is 32.1. The van der Waals surface area contributed by atoms with Crippen LogP contribution in [0.2, 0.25) is 0 Å². The van der Waals surface area contributed by atoms with E-state index in [1.54, 1.807) is 0 Å². The smallest absolute Gasteiger partial charge is 0.303 e. The summed E-state index contributed by atoms with van der Waals surface area (Å²) in [6.45, 7) is 2.94. The van der Waals surface area contributed by atoms with Crippen LogP contribution in [0.3, 0.4) is 0 Å². The summed E-state index contributed by atoms with van der Waals surface area (Å²) in [5, 5.41) is 14.7. The fraction of sp³-hybridized carbons (Fsp3) is 0.333. The molecule has 0 atom stereocenters. The number of nitrogens with zero attached hydrogens (tertiary/aromatic N) is 1. The van der Waals surface area contributed by atoms with E-state index in [2.05, 4.69) is 35.4 Å². The molecule has 20 heavy (non-hydrogen) atoms. The maximum Gasteiger partial charge on any atom is 0.303 e. The van der Waals surface area contributed by atoms with Crippen molar-refractivity contribution in [2.24, 2.45) is 0 Å². The molecular weight excluding hydrogens is 272 g/mol. The van der Waals surface area contributed by atoms with Crippen LogP contribution in [0.15, 0.2) is 29.6 Å². The summed E-state index contributed by atoms with van der Waals surface area (Å²) >= 11 is 1.53. The molecule has 2 N–H and O–H groups in total. The number of carboxylic acid groups (broad SMARTS) is 1. The second kappa shape index (κ2) is 7.05. The number of thiazole rings is 1. The number of hydrogen-bond donors (Lipinski definition) is 2. The van der Waals surface area contributed by atoms with Crippen LogP contribution in [-0.2, 0) is 17.6 Å². The minimum atomic E-state index is -0.785. The summed E-state index contributed by atoms with van der Waals surface area (Å²) in [7, 11) is 0. The highest BCUT2D eigenvalue weighted by molar-refractivity contribution is 7.13. The molecule has 0 amide bonds. The van der Waals surface area contributed by atoms with Crippen molar-refractivity contribution < 1.29 is 9.90 Å². The molecule has 1 heterocycles. The minimum absolute atomic E-state index is 0.131. The zero-order chi connectivity index (χ0) is 14.4. The Bertz CT molecular complexity index is 581. The molecule has 0 radical (unpaired) electrons. The molecule has 0 unspecified atom stereocenters. The van der Waals surface area contributed by atoms with Gasteiger partial charge in [-0.1, -0.05) is 24.3 Å². The predicted molar refractivity (Wildman–Crippen MR) is 81.4 cm³/mol. The summed E-state index contributed by atoms with van der Waals surface area (Å²) in [6, 6.07) is 8.34. The topological polar surface area (TPSA) is 62.2 Å². The third-order valence-electron chi connectivity index (χ3n) is 3.08. The maximum atomic E-state index is 10.5. The van der Waals surface area contributed by atoms with Crippen molar-refractivity contribution in [3.05, 3.63) is 46.5 Å². The van der Waals surface area contributed by atoms with Crippen LogP contribution in [0.1, 0.15) is 23.2 Å². The van der Waals surface area contributed by atoms with Gasteiger partial charge in [-0.2, -0.15) is 0 Å². The van der Waals surface area contributed by atoms with Gasteiger partial charge in [0.15, 0.2) is 5.13 Å². The summed E-state index contributed by atoms with van der Waals surface area (Å²) in [5.74, 6) is -0.785. The number of hydrogen-bond acceptors (Lipinski definition) is 4. The normalized spacial score (nSPS) is 10.4. The molecule has 106 valence electrons. The first-order chi connectivity index (χ1) is 9.65. The van der Waals surface area contributed by atoms with E-state index < -0.39 is 5.97 Å². The number of aromatic nitrogens is 1. The van der Waals surface area contributed by atoms with Gasteiger partial charge in [0.1, 0.15) is 0 Å². The SMILES string of the molecule is Cc1ccccc1CCNc1nc(CCC(=O)O)cs1. The summed E-state index contributed by atoms with van der Waals surface area (Å²) in [4.78, 5) is 14.9. The number of benzene rings is 1. The number of aryl methyl sites for hydroxylation is 2. The van der Waals surface area contributed by atoms with Crippen molar-refractivity contribution in [2.75, 3.05) is 11.9 Å². The second-order valence-corrected chi connectivity index (χ2v) is 5.50. The van der Waals surface area contributed by atoms with Crippen LogP contribution in [0.25, 0.3) is 0 Å². The van der Waals surface area contributed by atoms with Crippen molar-refractivity contribution in [1.82, 2.24) is 4.98 Å². The molecule has 0 fully saturated rings. The van der Waals surface area contributed by atoms with Crippen LogP contribution in [0, 0.1) is 6.92 Å². The van der Waals surface area contributed by atoms with Gasteiger partial charge in [0.05, 0.1) is 12.1 Å². The zero-order valence-corrected chi connectivity index (χ0v) is 12.2. The predicted octanol–water partition coefficient (Wildman–Crippen LogP) is 3.12. The van der Waals surface area contributed by atoms with E-state index in [1.165, 1.54) is 22.5 Å². The Morgan fingerprint density at radius 2 is 2.15 bits per heavy atom. The van der Waals surface area contributed by atoms with Gasteiger partial charge >= 0.3 is 5.97 Å². The summed E-state index contributed by atoms with van der Waals surface area (Å²) in [6.07, 6.45) is 1.58. The molecule has 0 aliphatic heterocycles. The van der Waals surface area contributed by atoms with E-state index in [4.69, 9.17) is 5.11 Å². The van der Waals surface area contributed by atoms with Gasteiger partial charge in [0.2, 0.25) is 0 Å². The average molecular weight is 290 g/mol. The van der Waals surface area contributed by atoms with Gasteiger partial charge in [-0.05, 0) is 24.5 Å². The van der Waals surface area contributed by atoms with E-state index in [-0.39, 0.29) is 6.42 Å². The van der Waals surface area contributed by atoms with Gasteiger partial charge in [-0.15, -0.1) is 11.3 Å². The highest BCUT2D eigenvalue weighted by Crippen LogP contribution is 2.17. The van der Waals surface area contributed by atoms with Crippen molar-refractivity contribution in [1.29, 1.82) is 0 Å². The highest BCUT2D eigenvalue weighted by Gasteiger charge is 2.04. The number of anilines is 1. The van der Waals surface area contributed by atoms with E-state index in [9.17, 15) is 4.79 Å². The first-order valence-corrected chi connectivity index (χ1v) is 7.47. The third-order valence-corrected chi connectivity index (χ3v) is 3.93. The van der Waals surface area contributed by atoms with Crippen LogP contribution in [0.5, 0.6) is 0 Å². The van der Waals surface area contributed by atoms with Gasteiger partial charge < -0.3 is 10.4 Å². The molecule has 0 saturated carbocycles. The molecule has 2 rings (SSSR count). The minimum Gasteiger partial charge on any atom is -0.481 e. The number of carboxylic acids is 1. The molecule has 0 aliphatic carbocycles. The Kier molecular flexibility index (Phi) is 5.12. The van der Waals surface area contributed by atoms with Gasteiger partial charge in [0, 0.05) is 18.3 Å². The second-order valence-electron chi connectivity index (χ2n) is 4.64. The quantitative estimate of drug-likeness (QED) is 0.822. The summed E-state index contributed by atoms with van der Waals surface area (Å²) < 4.78 is 0. The Balaban J connectivity index is 1.80. The first-order valence-electron chi connectivity index (χ1n) is 6.60. The van der Waals surface area contributed by atoms with Crippen LogP contribution < -0.4 is 5.32 Å². The molecule has 0 bridgehead atoms. The zero-order valence-electron chi connectivity index (χ0n) is 11.4. The average Bonchev–Trinajstić information content (AvgIpc) is 2.87. The molecule has 0 spiro atoms. The van der Waals surface area contributed by atoms with E-state index in [1.807, 2.05) is 11.4 Å². The molecular formula is C15H18N2O2S. The Morgan fingerprint density at radius 1 is 1.35 bits per heavy atom. The first kappa shape index (κ1) is 14.5. The third kappa shape index (κ3) is 4.35. The van der Waals surface area contributed by atoms with Gasteiger partial charge in [0.25, 0.3) is 0 Å². The lowest BCUT2D eigenvalue weighted by Gasteiger charge is -2.05. The van der Waals surface area contributed by atoms with Crippen LogP contribution in [-0.4, -0.2) is 22.6 Å². The Hall–Kier alpha value is -1.88. The van der Waals surface area contributed by atoms with Gasteiger partial charge in [-0.25, -0.2) is 4.98 Å². The molecule has 1 aromatic heterocycles. The molecule has 5 heteroatoms. The lowest BCUT2D eigenvalue weighted by atomic mass is 10.1. The van der Waals surface area contributed by atoms with E-state index in [0.717, 1.165) is 23.8 Å². The molecule has 0 saturated heterocycles. The van der Waals surface area contributed by atoms with Crippen molar-refractivity contribution in [2.45, 2.75) is 26.2 Å². The van der Waals surface area contributed by atoms with Crippen molar-refractivity contribution in [3.8, 4) is 0 Å². The van der Waals surface area contributed by atoms with E-state index in [0.29, 0.717) is 6.42 Å². The van der Waals surface area contributed by atoms with Crippen molar-refractivity contribution >= 4 is 22.4 Å². The number of nitrogens with one attached hydrogen (secondary N) is 1. The maximum absolute atomic E-state index is 10.5. The van der Waals surface area contributed by atoms with Crippen LogP contribution in [0.4, 0.5) is 5.13 Å². The number of aliphatic carboxylic acids is 1. The number of rotatable bonds is 7. The van der Waals surface area contributed by atoms with E-state index >= 15 is 0 Å². The monoisotopic (exact) mass is 290 g/mol. The fourth-order valence-electron chi connectivity index (χ4n) is 1.93. The molecule has 0 aliphatic rings. The largest absolute Gasteiger partial charge is 0.481 e. The lowest BCUT2D eigenvalue weighted by Crippen LogP contribution is -2.05. The van der Waals surface area contributed by atoms with Crippen LogP contribution >= 0.6 is 11.3 Å². The molecule has 2 aromatic rings. The lowest BCUT2D eigenvalue weighted by molar-refractivity contribution is -0.136. The Morgan fingerprint density at radius 3 is 2.90 bits per heavy atom. The standard InChI is InChI=1S/C15H18N2O2S/c1-11-4-2-3-5-12(11)8-9-16-15-17-13(10-20-15)6-7-14(18)19/h2-5,10H,6-9H2,1H3,(H,16,17)(H,18,19). The fourth-order valence-corrected chi connectivity index (χ4v) is 2.71. The molecule has 4 nitrogen and oxygen atoms in total. The Labute approximate surface area is 122 Å². The van der Waals surface area contributed by atoms with Gasteiger partial charge in [-0.3, -0.25) is 4.79 Å². The number of carbonyl (C=O) groups is 1. The van der Waals surface area contributed by atoms with Crippen molar-refractivity contribution in [3.63, 3.8) is 0 Å². The summed E-state index contributed by atoms with van der Waals surface area (Å²) in [5.41, 5.74) is 3.48. The molecule has 1 aromatic carbocycles.